The lowest BCUT2D eigenvalue weighted by molar-refractivity contribution is -0.113. The molecule has 0 spiro atoms. The van der Waals surface area contributed by atoms with Crippen molar-refractivity contribution >= 4 is 40.5 Å². The van der Waals surface area contributed by atoms with Gasteiger partial charge in [0.1, 0.15) is 0 Å². The molecule has 2 aromatic carbocycles. The van der Waals surface area contributed by atoms with E-state index in [2.05, 4.69) is 16.0 Å². The van der Waals surface area contributed by atoms with Crippen LogP contribution in [0, 0.1) is 0 Å². The number of allylic oxidation sites excluding steroid dienone is 1. The second-order valence-corrected chi connectivity index (χ2v) is 6.23. The van der Waals surface area contributed by atoms with Crippen molar-refractivity contribution in [2.75, 3.05) is 5.32 Å². The normalized spacial score (nSPS) is 17.1. The first-order chi connectivity index (χ1) is 11.6. The molecule has 1 aliphatic heterocycles. The molecule has 0 bridgehead atoms. The van der Waals surface area contributed by atoms with E-state index < -0.39 is 0 Å². The predicted molar refractivity (Wildman–Crippen MR) is 101 cm³/mol. The molecule has 0 unspecified atom stereocenters. The molecule has 122 valence electrons. The molecular weight excluding hydrogens is 342 g/mol. The van der Waals surface area contributed by atoms with Crippen LogP contribution in [0.5, 0.6) is 0 Å². The van der Waals surface area contributed by atoms with E-state index in [4.69, 9.17) is 23.8 Å². The molecule has 0 aliphatic carbocycles. The van der Waals surface area contributed by atoms with Gasteiger partial charge in [-0.15, -0.1) is 0 Å². The molecule has 24 heavy (non-hydrogen) atoms. The van der Waals surface area contributed by atoms with Crippen LogP contribution in [0.4, 0.5) is 5.69 Å². The Hall–Kier alpha value is -2.37. The van der Waals surface area contributed by atoms with Gasteiger partial charge < -0.3 is 16.0 Å². The van der Waals surface area contributed by atoms with Gasteiger partial charge in [-0.05, 0) is 36.8 Å². The first-order valence-electron chi connectivity index (χ1n) is 7.45. The highest BCUT2D eigenvalue weighted by atomic mass is 35.5. The number of benzene rings is 2. The highest BCUT2D eigenvalue weighted by Gasteiger charge is 2.29. The topological polar surface area (TPSA) is 53.2 Å². The van der Waals surface area contributed by atoms with Crippen molar-refractivity contribution in [3.63, 3.8) is 0 Å². The molecule has 0 saturated carbocycles. The van der Waals surface area contributed by atoms with Gasteiger partial charge in [-0.25, -0.2) is 0 Å². The van der Waals surface area contributed by atoms with E-state index in [1.165, 1.54) is 0 Å². The molecule has 2 aromatic rings. The second kappa shape index (κ2) is 7.03. The van der Waals surface area contributed by atoms with Crippen LogP contribution in [0.1, 0.15) is 18.5 Å². The Labute approximate surface area is 150 Å². The molecule has 3 N–H and O–H groups in total. The Morgan fingerprint density at radius 2 is 1.79 bits per heavy atom. The van der Waals surface area contributed by atoms with E-state index in [-0.39, 0.29) is 11.9 Å². The summed E-state index contributed by atoms with van der Waals surface area (Å²) in [7, 11) is 0. The number of hydrogen-bond acceptors (Lipinski definition) is 2. The van der Waals surface area contributed by atoms with Gasteiger partial charge in [-0.2, -0.15) is 0 Å². The molecule has 0 fully saturated rings. The largest absolute Gasteiger partial charge is 0.351 e. The number of anilines is 1. The summed E-state index contributed by atoms with van der Waals surface area (Å²) in [5.41, 5.74) is 2.83. The monoisotopic (exact) mass is 357 g/mol. The summed E-state index contributed by atoms with van der Waals surface area (Å²) >= 11 is 11.4. The highest BCUT2D eigenvalue weighted by molar-refractivity contribution is 7.80. The fourth-order valence-corrected chi connectivity index (χ4v) is 3.10. The lowest BCUT2D eigenvalue weighted by atomic mass is 9.95. The molecular formula is C18H16ClN3OS. The SMILES string of the molecule is CC1=C(C(=O)Nc2ccccc2Cl)[C@@H](c2ccccc2)NC(=S)N1. The molecule has 0 radical (unpaired) electrons. The number of carbonyl (C=O) groups excluding carboxylic acids is 1. The molecule has 4 nitrogen and oxygen atoms in total. The van der Waals surface area contributed by atoms with Crippen molar-refractivity contribution in [2.24, 2.45) is 0 Å². The van der Waals surface area contributed by atoms with Gasteiger partial charge >= 0.3 is 0 Å². The smallest absolute Gasteiger partial charge is 0.255 e. The fourth-order valence-electron chi connectivity index (χ4n) is 2.64. The van der Waals surface area contributed by atoms with E-state index in [9.17, 15) is 4.79 Å². The summed E-state index contributed by atoms with van der Waals surface area (Å²) in [6, 6.07) is 16.5. The van der Waals surface area contributed by atoms with Crippen LogP contribution in [-0.4, -0.2) is 11.0 Å². The highest BCUT2D eigenvalue weighted by Crippen LogP contribution is 2.29. The maximum Gasteiger partial charge on any atom is 0.255 e. The minimum Gasteiger partial charge on any atom is -0.351 e. The third kappa shape index (κ3) is 3.42. The zero-order chi connectivity index (χ0) is 17.1. The van der Waals surface area contributed by atoms with Crippen LogP contribution in [-0.2, 0) is 4.79 Å². The quantitative estimate of drug-likeness (QED) is 0.732. The fraction of sp³-hybridized carbons (Fsp3) is 0.111. The number of halogens is 1. The van der Waals surface area contributed by atoms with Gasteiger partial charge in [0.25, 0.3) is 5.91 Å². The van der Waals surface area contributed by atoms with E-state index in [1.807, 2.05) is 49.4 Å². The zero-order valence-electron chi connectivity index (χ0n) is 13.0. The Morgan fingerprint density at radius 1 is 1.12 bits per heavy atom. The summed E-state index contributed by atoms with van der Waals surface area (Å²) in [4.78, 5) is 12.9. The molecule has 0 saturated heterocycles. The Kier molecular flexibility index (Phi) is 4.83. The van der Waals surface area contributed by atoms with Gasteiger partial charge in [-0.1, -0.05) is 54.1 Å². The summed E-state index contributed by atoms with van der Waals surface area (Å²) in [5.74, 6) is -0.225. The third-order valence-corrected chi connectivity index (χ3v) is 4.32. The molecule has 6 heteroatoms. The van der Waals surface area contributed by atoms with Crippen molar-refractivity contribution in [1.29, 1.82) is 0 Å². The van der Waals surface area contributed by atoms with Crippen molar-refractivity contribution in [3.05, 3.63) is 76.5 Å². The number of amides is 1. The Balaban J connectivity index is 1.95. The van der Waals surface area contributed by atoms with Crippen molar-refractivity contribution < 1.29 is 4.79 Å². The molecule has 0 aromatic heterocycles. The van der Waals surface area contributed by atoms with Crippen molar-refractivity contribution in [2.45, 2.75) is 13.0 Å². The number of thiocarbonyl (C=S) groups is 1. The van der Waals surface area contributed by atoms with E-state index in [0.717, 1.165) is 11.3 Å². The summed E-state index contributed by atoms with van der Waals surface area (Å²) in [5, 5.41) is 10.0. The molecule has 3 rings (SSSR count). The van der Waals surface area contributed by atoms with Crippen LogP contribution in [0.15, 0.2) is 65.9 Å². The van der Waals surface area contributed by atoms with E-state index in [0.29, 0.717) is 21.4 Å². The lowest BCUT2D eigenvalue weighted by Crippen LogP contribution is -2.45. The van der Waals surface area contributed by atoms with Crippen LogP contribution in [0.3, 0.4) is 0 Å². The van der Waals surface area contributed by atoms with Crippen LogP contribution >= 0.6 is 23.8 Å². The standard InChI is InChI=1S/C18H16ClN3OS/c1-11-15(17(23)21-14-10-6-5-9-13(14)19)16(22-18(24)20-11)12-7-3-2-4-8-12/h2-10,16H,1H3,(H,21,23)(H2,20,22,24)/t16-/m1/s1. The number of rotatable bonds is 3. The zero-order valence-corrected chi connectivity index (χ0v) is 14.5. The van der Waals surface area contributed by atoms with Crippen LogP contribution in [0.25, 0.3) is 0 Å². The molecule has 1 atom stereocenters. The number of nitrogens with one attached hydrogen (secondary N) is 3. The van der Waals surface area contributed by atoms with Gasteiger partial charge in [0.05, 0.1) is 22.3 Å². The summed E-state index contributed by atoms with van der Waals surface area (Å²) in [6.45, 7) is 1.84. The molecule has 1 aliphatic rings. The minimum absolute atomic E-state index is 0.225. The van der Waals surface area contributed by atoms with Gasteiger partial charge in [-0.3, -0.25) is 4.79 Å². The van der Waals surface area contributed by atoms with Gasteiger partial charge in [0, 0.05) is 5.70 Å². The predicted octanol–water partition coefficient (Wildman–Crippen LogP) is 3.77. The first kappa shape index (κ1) is 16.5. The first-order valence-corrected chi connectivity index (χ1v) is 8.24. The maximum absolute atomic E-state index is 12.9. The van der Waals surface area contributed by atoms with E-state index in [1.54, 1.807) is 12.1 Å². The maximum atomic E-state index is 12.9. The molecule has 1 amide bonds. The average molecular weight is 358 g/mol. The summed E-state index contributed by atoms with van der Waals surface area (Å²) < 4.78 is 0. The van der Waals surface area contributed by atoms with Gasteiger partial charge in [0.15, 0.2) is 5.11 Å². The number of carbonyl (C=O) groups is 1. The Bertz CT molecular complexity index is 820. The summed E-state index contributed by atoms with van der Waals surface area (Å²) in [6.07, 6.45) is 0. The minimum atomic E-state index is -0.317. The van der Waals surface area contributed by atoms with Crippen LogP contribution < -0.4 is 16.0 Å². The molecule has 1 heterocycles. The number of para-hydroxylation sites is 1. The van der Waals surface area contributed by atoms with Crippen LogP contribution in [0.2, 0.25) is 5.02 Å². The lowest BCUT2D eigenvalue weighted by Gasteiger charge is -2.30. The second-order valence-electron chi connectivity index (χ2n) is 5.41. The van der Waals surface area contributed by atoms with E-state index >= 15 is 0 Å². The average Bonchev–Trinajstić information content (AvgIpc) is 2.57. The third-order valence-electron chi connectivity index (χ3n) is 3.77. The number of hydrogen-bond donors (Lipinski definition) is 3. The van der Waals surface area contributed by atoms with Gasteiger partial charge in [0.2, 0.25) is 0 Å². The van der Waals surface area contributed by atoms with Crippen molar-refractivity contribution in [1.82, 2.24) is 10.6 Å². The van der Waals surface area contributed by atoms with Crippen molar-refractivity contribution in [3.8, 4) is 0 Å². The Morgan fingerprint density at radius 3 is 2.50 bits per heavy atom.